The van der Waals surface area contributed by atoms with E-state index in [2.05, 4.69) is 23.6 Å². The highest BCUT2D eigenvalue weighted by Crippen LogP contribution is 2.52. The van der Waals surface area contributed by atoms with Gasteiger partial charge in [-0.2, -0.15) is 0 Å². The van der Waals surface area contributed by atoms with Gasteiger partial charge in [-0.05, 0) is 73.7 Å². The molecule has 6 nitrogen and oxygen atoms in total. The van der Waals surface area contributed by atoms with E-state index in [1.165, 1.54) is 0 Å². The van der Waals surface area contributed by atoms with Gasteiger partial charge in [-0.3, -0.25) is 9.69 Å². The Morgan fingerprint density at radius 3 is 2.61 bits per heavy atom. The van der Waals surface area contributed by atoms with Crippen molar-refractivity contribution in [2.24, 2.45) is 0 Å². The van der Waals surface area contributed by atoms with Crippen molar-refractivity contribution in [3.63, 3.8) is 0 Å². The number of carbonyl (C=O) groups is 1. The Labute approximate surface area is 214 Å². The molecule has 36 heavy (non-hydrogen) atoms. The van der Waals surface area contributed by atoms with E-state index in [0.717, 1.165) is 48.6 Å². The Morgan fingerprint density at radius 1 is 1.17 bits per heavy atom. The van der Waals surface area contributed by atoms with E-state index in [1.54, 1.807) is 20.3 Å². The first kappa shape index (κ1) is 26.0. The van der Waals surface area contributed by atoms with Crippen molar-refractivity contribution in [3.8, 4) is 11.5 Å². The highest BCUT2D eigenvalue weighted by molar-refractivity contribution is 5.91. The molecule has 4 rings (SSSR count). The van der Waals surface area contributed by atoms with Crippen LogP contribution in [0.5, 0.6) is 11.5 Å². The van der Waals surface area contributed by atoms with Crippen LogP contribution in [0.1, 0.15) is 36.8 Å². The monoisotopic (exact) mass is 490 g/mol. The van der Waals surface area contributed by atoms with Crippen LogP contribution in [0.4, 0.5) is 0 Å². The first-order chi connectivity index (χ1) is 17.3. The van der Waals surface area contributed by atoms with Crippen molar-refractivity contribution in [2.75, 3.05) is 40.9 Å². The standard InChI is InChI=1S/C30H38N2O4/c1-5-17-32-18-16-29(24-9-7-11-27(20-24)36-4)21-25(14-15-30(29,34)22-32)31(2)28(33)13-12-23-8-6-10-26(19-23)35-3/h5-13,19-20,25,34H,1,14-18,21-22H2,2-4H3/t25-,29-,30-/m0/s1. The van der Waals surface area contributed by atoms with Crippen LogP contribution in [0, 0.1) is 0 Å². The normalized spacial score (nSPS) is 26.3. The second-order valence-electron chi connectivity index (χ2n) is 10.1. The summed E-state index contributed by atoms with van der Waals surface area (Å²) >= 11 is 0. The lowest BCUT2D eigenvalue weighted by atomic mass is 9.55. The van der Waals surface area contributed by atoms with E-state index >= 15 is 0 Å². The number of likely N-dealkylation sites (N-methyl/N-ethyl adjacent to an activating group) is 1. The largest absolute Gasteiger partial charge is 0.497 e. The second-order valence-corrected chi connectivity index (χ2v) is 10.1. The quantitative estimate of drug-likeness (QED) is 0.442. The molecule has 192 valence electrons. The third-order valence-electron chi connectivity index (χ3n) is 8.12. The molecule has 6 heteroatoms. The summed E-state index contributed by atoms with van der Waals surface area (Å²) in [4.78, 5) is 17.3. The number of ether oxygens (including phenoxy) is 2. The van der Waals surface area contributed by atoms with Gasteiger partial charge in [-0.1, -0.05) is 30.3 Å². The zero-order valence-corrected chi connectivity index (χ0v) is 21.7. The number of hydrogen-bond acceptors (Lipinski definition) is 5. The molecule has 0 radical (unpaired) electrons. The lowest BCUT2D eigenvalue weighted by molar-refractivity contribution is -0.143. The summed E-state index contributed by atoms with van der Waals surface area (Å²) in [5.41, 5.74) is 0.640. The molecular formula is C30H38N2O4. The maximum Gasteiger partial charge on any atom is 0.246 e. The van der Waals surface area contributed by atoms with Gasteiger partial charge in [0.15, 0.2) is 0 Å². The maximum absolute atomic E-state index is 13.2. The van der Waals surface area contributed by atoms with Crippen molar-refractivity contribution in [1.29, 1.82) is 0 Å². The number of carbonyl (C=O) groups excluding carboxylic acids is 1. The molecule has 2 aromatic carbocycles. The SMILES string of the molecule is C=CCN1CC[C@@]2(c3cccc(OC)c3)C[C@@H](N(C)C(=O)C=Cc3cccc(OC)c3)CC[C@]2(O)C1. The third-order valence-corrected chi connectivity index (χ3v) is 8.12. The number of nitrogens with zero attached hydrogens (tertiary/aromatic N) is 2. The van der Waals surface area contributed by atoms with Crippen LogP contribution in [0.15, 0.2) is 67.3 Å². The van der Waals surface area contributed by atoms with E-state index < -0.39 is 11.0 Å². The number of aliphatic hydroxyl groups is 1. The van der Waals surface area contributed by atoms with E-state index in [4.69, 9.17) is 9.47 Å². The summed E-state index contributed by atoms with van der Waals surface area (Å²) in [7, 11) is 5.17. The van der Waals surface area contributed by atoms with Crippen molar-refractivity contribution >= 4 is 12.0 Å². The van der Waals surface area contributed by atoms with E-state index in [-0.39, 0.29) is 11.9 Å². The Morgan fingerprint density at radius 2 is 1.89 bits per heavy atom. The number of amides is 1. The van der Waals surface area contributed by atoms with Gasteiger partial charge in [0, 0.05) is 37.7 Å². The molecule has 1 aliphatic heterocycles. The topological polar surface area (TPSA) is 62.2 Å². The van der Waals surface area contributed by atoms with Crippen LogP contribution in [0.2, 0.25) is 0 Å². The summed E-state index contributed by atoms with van der Waals surface area (Å²) in [6.07, 6.45) is 8.23. The minimum absolute atomic E-state index is 0.0184. The van der Waals surface area contributed by atoms with Gasteiger partial charge in [-0.15, -0.1) is 6.58 Å². The van der Waals surface area contributed by atoms with Gasteiger partial charge < -0.3 is 19.5 Å². The average Bonchev–Trinajstić information content (AvgIpc) is 2.91. The summed E-state index contributed by atoms with van der Waals surface area (Å²) in [6, 6.07) is 15.7. The number of methoxy groups -OCH3 is 2. The minimum atomic E-state index is -0.891. The molecule has 3 atom stereocenters. The number of fused-ring (bicyclic) bond motifs is 1. The van der Waals surface area contributed by atoms with Gasteiger partial charge in [0.1, 0.15) is 11.5 Å². The van der Waals surface area contributed by atoms with Crippen LogP contribution in [0.3, 0.4) is 0 Å². The highest BCUT2D eigenvalue weighted by Gasteiger charge is 2.58. The van der Waals surface area contributed by atoms with Crippen molar-refractivity contribution in [1.82, 2.24) is 9.80 Å². The van der Waals surface area contributed by atoms with E-state index in [1.807, 2.05) is 60.5 Å². The van der Waals surface area contributed by atoms with E-state index in [0.29, 0.717) is 19.4 Å². The summed E-state index contributed by atoms with van der Waals surface area (Å²) in [6.45, 7) is 6.10. The van der Waals surface area contributed by atoms with Gasteiger partial charge in [0.25, 0.3) is 0 Å². The number of piperidine rings is 1. The lowest BCUT2D eigenvalue weighted by Gasteiger charge is -2.59. The molecule has 1 heterocycles. The molecule has 0 unspecified atom stereocenters. The molecular weight excluding hydrogens is 452 g/mol. The average molecular weight is 491 g/mol. The third kappa shape index (κ3) is 5.06. The molecule has 2 aliphatic rings. The fourth-order valence-electron chi connectivity index (χ4n) is 6.03. The molecule has 0 bridgehead atoms. The number of rotatable bonds is 8. The summed E-state index contributed by atoms with van der Waals surface area (Å²) in [5, 5.41) is 12.1. The van der Waals surface area contributed by atoms with E-state index in [9.17, 15) is 9.90 Å². The predicted molar refractivity (Wildman–Crippen MR) is 143 cm³/mol. The van der Waals surface area contributed by atoms with Crippen LogP contribution in [0.25, 0.3) is 6.08 Å². The molecule has 1 N–H and O–H groups in total. The maximum atomic E-state index is 13.2. The summed E-state index contributed by atoms with van der Waals surface area (Å²) < 4.78 is 10.8. The zero-order chi connectivity index (χ0) is 25.8. The molecule has 2 aromatic rings. The molecule has 1 amide bonds. The smallest absolute Gasteiger partial charge is 0.246 e. The number of β-amino-alcohol motifs (C(OH)–C–C–N with tert-alkyl or cyclic N) is 1. The number of likely N-dealkylation sites (tertiary alicyclic amines) is 1. The van der Waals surface area contributed by atoms with Gasteiger partial charge >= 0.3 is 0 Å². The molecule has 0 spiro atoms. The minimum Gasteiger partial charge on any atom is -0.497 e. The fourth-order valence-corrected chi connectivity index (χ4v) is 6.03. The van der Waals surface area contributed by atoms with Crippen LogP contribution < -0.4 is 9.47 Å². The lowest BCUT2D eigenvalue weighted by Crippen LogP contribution is -2.67. The first-order valence-corrected chi connectivity index (χ1v) is 12.6. The molecule has 2 fully saturated rings. The first-order valence-electron chi connectivity index (χ1n) is 12.6. The Hall–Kier alpha value is -3.09. The molecule has 0 aromatic heterocycles. The molecule has 1 saturated heterocycles. The molecule has 1 aliphatic carbocycles. The van der Waals surface area contributed by atoms with Gasteiger partial charge in [0.2, 0.25) is 5.91 Å². The number of hydrogen-bond donors (Lipinski definition) is 1. The fraction of sp³-hybridized carbons (Fsp3) is 0.433. The van der Waals surface area contributed by atoms with Crippen molar-refractivity contribution in [3.05, 3.63) is 78.4 Å². The second kappa shape index (κ2) is 10.9. The van der Waals surface area contributed by atoms with Gasteiger partial charge in [0.05, 0.1) is 19.8 Å². The predicted octanol–water partition coefficient (Wildman–Crippen LogP) is 4.29. The Balaban J connectivity index is 1.60. The van der Waals surface area contributed by atoms with Crippen LogP contribution in [-0.2, 0) is 10.2 Å². The Bertz CT molecular complexity index is 1120. The number of benzene rings is 2. The Kier molecular flexibility index (Phi) is 7.86. The zero-order valence-electron chi connectivity index (χ0n) is 21.7. The summed E-state index contributed by atoms with van der Waals surface area (Å²) in [5.74, 6) is 1.50. The molecule has 1 saturated carbocycles. The highest BCUT2D eigenvalue weighted by atomic mass is 16.5. The van der Waals surface area contributed by atoms with Crippen molar-refractivity contribution < 1.29 is 19.4 Å². The van der Waals surface area contributed by atoms with Crippen molar-refractivity contribution in [2.45, 2.75) is 42.7 Å². The van der Waals surface area contributed by atoms with Crippen LogP contribution >= 0.6 is 0 Å². The van der Waals surface area contributed by atoms with Gasteiger partial charge in [-0.25, -0.2) is 0 Å². The van der Waals surface area contributed by atoms with Crippen LogP contribution in [-0.4, -0.2) is 73.4 Å².